The lowest BCUT2D eigenvalue weighted by molar-refractivity contribution is 0.168. The molecule has 3 N–H and O–H groups in total. The van der Waals surface area contributed by atoms with E-state index in [-0.39, 0.29) is 5.41 Å². The summed E-state index contributed by atoms with van der Waals surface area (Å²) in [5, 5.41) is 11.0. The van der Waals surface area contributed by atoms with Gasteiger partial charge in [-0.3, -0.25) is 4.99 Å². The van der Waals surface area contributed by atoms with Gasteiger partial charge >= 0.3 is 0 Å². The van der Waals surface area contributed by atoms with Gasteiger partial charge in [0.15, 0.2) is 0 Å². The summed E-state index contributed by atoms with van der Waals surface area (Å²) in [4.78, 5) is 8.71. The van der Waals surface area contributed by atoms with E-state index in [0.29, 0.717) is 18.1 Å². The van der Waals surface area contributed by atoms with Gasteiger partial charge in [-0.15, -0.1) is 0 Å². The van der Waals surface area contributed by atoms with Crippen LogP contribution in [0.3, 0.4) is 0 Å². The van der Waals surface area contributed by atoms with Gasteiger partial charge in [-0.05, 0) is 38.5 Å². The highest BCUT2D eigenvalue weighted by molar-refractivity contribution is 5.89. The molecule has 0 fully saturated rings. The molecule has 0 radical (unpaired) electrons. The number of fused-ring (bicyclic) bond motifs is 1. The first-order valence-corrected chi connectivity index (χ1v) is 8.31. The molecule has 0 aliphatic rings. The van der Waals surface area contributed by atoms with Gasteiger partial charge in [0.25, 0.3) is 0 Å². The third-order valence-electron chi connectivity index (χ3n) is 4.24. The number of aliphatic hydroxyl groups excluding tert-OH is 1. The molecule has 1 aromatic carbocycles. The van der Waals surface area contributed by atoms with Crippen LogP contribution in [0.15, 0.2) is 35.3 Å². The second-order valence-electron chi connectivity index (χ2n) is 6.76. The lowest BCUT2D eigenvalue weighted by Gasteiger charge is -2.19. The van der Waals surface area contributed by atoms with Gasteiger partial charge in [0.05, 0.1) is 23.9 Å². The Bertz CT molecular complexity index is 808. The van der Waals surface area contributed by atoms with E-state index in [2.05, 4.69) is 9.98 Å². The molecule has 2 aromatic rings. The van der Waals surface area contributed by atoms with E-state index in [1.54, 1.807) is 21.1 Å². The van der Waals surface area contributed by atoms with Crippen LogP contribution in [0, 0.1) is 5.41 Å². The summed E-state index contributed by atoms with van der Waals surface area (Å²) in [6, 6.07) is 8.09. The number of hydrogen-bond donors (Lipinski definition) is 2. The molecule has 1 aromatic heterocycles. The highest BCUT2D eigenvalue weighted by atomic mass is 16.5. The first kappa shape index (κ1) is 19.1. The van der Waals surface area contributed by atoms with Crippen molar-refractivity contribution in [2.75, 3.05) is 14.2 Å². The van der Waals surface area contributed by atoms with E-state index in [0.717, 1.165) is 22.0 Å². The predicted octanol–water partition coefficient (Wildman–Crippen LogP) is 3.46. The van der Waals surface area contributed by atoms with Crippen LogP contribution in [-0.4, -0.2) is 30.1 Å². The van der Waals surface area contributed by atoms with Crippen LogP contribution in [-0.2, 0) is 11.3 Å². The number of methoxy groups -OCH3 is 1. The number of ether oxygens (including phenoxy) is 1. The molecular weight excluding hydrogens is 314 g/mol. The molecule has 1 atom stereocenters. The zero-order valence-electron chi connectivity index (χ0n) is 15.6. The largest absolute Gasteiger partial charge is 0.387 e. The SMILES string of the molecule is CN=C(N)C(C)(C)C=Cc1ccc2cc(COC)c(C(C)O)nc2c1. The number of pyridine rings is 1. The number of benzene rings is 1. The van der Waals surface area contributed by atoms with Crippen molar-refractivity contribution in [3.05, 3.63) is 47.2 Å². The Hall–Kier alpha value is -2.24. The highest BCUT2D eigenvalue weighted by Crippen LogP contribution is 2.25. The van der Waals surface area contributed by atoms with Crippen LogP contribution in [0.25, 0.3) is 17.0 Å². The number of amidine groups is 1. The van der Waals surface area contributed by atoms with Gasteiger partial charge in [-0.25, -0.2) is 4.98 Å². The van der Waals surface area contributed by atoms with Gasteiger partial charge in [0.2, 0.25) is 0 Å². The van der Waals surface area contributed by atoms with Crippen molar-refractivity contribution < 1.29 is 9.84 Å². The Balaban J connectivity index is 2.44. The summed E-state index contributed by atoms with van der Waals surface area (Å²) in [5.74, 6) is 0.586. The van der Waals surface area contributed by atoms with Crippen molar-refractivity contribution in [2.45, 2.75) is 33.5 Å². The van der Waals surface area contributed by atoms with Gasteiger partial charge in [0.1, 0.15) is 5.84 Å². The number of nitrogens with two attached hydrogens (primary N) is 1. The fourth-order valence-corrected chi connectivity index (χ4v) is 2.66. The van der Waals surface area contributed by atoms with Gasteiger partial charge in [-0.1, -0.05) is 24.3 Å². The maximum absolute atomic E-state index is 10.00. The van der Waals surface area contributed by atoms with E-state index in [1.807, 2.05) is 50.3 Å². The molecule has 0 aliphatic carbocycles. The van der Waals surface area contributed by atoms with Crippen molar-refractivity contribution in [3.8, 4) is 0 Å². The van der Waals surface area contributed by atoms with E-state index < -0.39 is 6.10 Å². The van der Waals surface area contributed by atoms with Crippen LogP contribution in [0.1, 0.15) is 43.7 Å². The number of rotatable bonds is 6. The molecule has 0 saturated carbocycles. The van der Waals surface area contributed by atoms with Gasteiger partial charge in [0, 0.05) is 30.5 Å². The summed E-state index contributed by atoms with van der Waals surface area (Å²) in [6.07, 6.45) is 3.41. The van der Waals surface area contributed by atoms with E-state index in [9.17, 15) is 5.11 Å². The molecule has 0 aliphatic heterocycles. The number of hydrogen-bond acceptors (Lipinski definition) is 4. The molecule has 0 spiro atoms. The zero-order valence-corrected chi connectivity index (χ0v) is 15.6. The van der Waals surface area contributed by atoms with Crippen molar-refractivity contribution >= 4 is 22.8 Å². The fourth-order valence-electron chi connectivity index (χ4n) is 2.66. The third-order valence-corrected chi connectivity index (χ3v) is 4.24. The summed E-state index contributed by atoms with van der Waals surface area (Å²) in [7, 11) is 3.33. The maximum atomic E-state index is 10.00. The van der Waals surface area contributed by atoms with Crippen molar-refractivity contribution in [1.29, 1.82) is 0 Å². The lowest BCUT2D eigenvalue weighted by atomic mass is 9.90. The molecule has 1 heterocycles. The molecule has 5 nitrogen and oxygen atoms in total. The van der Waals surface area contributed by atoms with Gasteiger partial charge in [-0.2, -0.15) is 0 Å². The van der Waals surface area contributed by atoms with Crippen LogP contribution in [0.5, 0.6) is 0 Å². The normalized spacial score (nSPS) is 14.4. The van der Waals surface area contributed by atoms with Crippen LogP contribution in [0.2, 0.25) is 0 Å². The first-order chi connectivity index (χ1) is 11.8. The second kappa shape index (κ2) is 7.76. The predicted molar refractivity (Wildman–Crippen MR) is 103 cm³/mol. The Labute approximate surface area is 149 Å². The molecule has 0 amide bonds. The van der Waals surface area contributed by atoms with E-state index >= 15 is 0 Å². The summed E-state index contributed by atoms with van der Waals surface area (Å²) >= 11 is 0. The van der Waals surface area contributed by atoms with E-state index in [4.69, 9.17) is 10.5 Å². The van der Waals surface area contributed by atoms with Crippen LogP contribution in [0.4, 0.5) is 0 Å². The van der Waals surface area contributed by atoms with Crippen molar-refractivity contribution in [2.24, 2.45) is 16.1 Å². The zero-order chi connectivity index (χ0) is 18.6. The number of aliphatic hydroxyl groups is 1. The standard InChI is InChI=1S/C20H27N3O2/c1-13(24)18-16(12-25-5)11-15-7-6-14(10-17(15)23-18)8-9-20(2,3)19(21)22-4/h6-11,13,24H,12H2,1-5H3,(H2,21,22). The Morgan fingerprint density at radius 1 is 1.40 bits per heavy atom. The molecule has 0 saturated heterocycles. The lowest BCUT2D eigenvalue weighted by Crippen LogP contribution is -2.29. The molecule has 2 rings (SSSR count). The van der Waals surface area contributed by atoms with Crippen LogP contribution >= 0.6 is 0 Å². The minimum Gasteiger partial charge on any atom is -0.387 e. The van der Waals surface area contributed by atoms with Crippen LogP contribution < -0.4 is 5.73 Å². The average molecular weight is 341 g/mol. The Morgan fingerprint density at radius 2 is 2.12 bits per heavy atom. The topological polar surface area (TPSA) is 80.7 Å². The summed E-state index contributed by atoms with van der Waals surface area (Å²) < 4.78 is 5.22. The molecule has 1 unspecified atom stereocenters. The number of aliphatic imine (C=N–C) groups is 1. The minimum absolute atomic E-state index is 0.315. The maximum Gasteiger partial charge on any atom is 0.103 e. The molecule has 5 heteroatoms. The van der Waals surface area contributed by atoms with E-state index in [1.165, 1.54) is 0 Å². The molecular formula is C20H27N3O2. The second-order valence-corrected chi connectivity index (χ2v) is 6.76. The molecule has 134 valence electrons. The average Bonchev–Trinajstić information content (AvgIpc) is 2.58. The fraction of sp³-hybridized carbons (Fsp3) is 0.400. The summed E-state index contributed by atoms with van der Waals surface area (Å²) in [6.45, 7) is 6.18. The smallest absolute Gasteiger partial charge is 0.103 e. The van der Waals surface area contributed by atoms with Crippen molar-refractivity contribution in [3.63, 3.8) is 0 Å². The number of nitrogens with zero attached hydrogens (tertiary/aromatic N) is 2. The number of aromatic nitrogens is 1. The monoisotopic (exact) mass is 341 g/mol. The highest BCUT2D eigenvalue weighted by Gasteiger charge is 2.18. The quantitative estimate of drug-likeness (QED) is 0.623. The third kappa shape index (κ3) is 4.44. The Morgan fingerprint density at radius 3 is 2.72 bits per heavy atom. The Kier molecular flexibility index (Phi) is 5.93. The minimum atomic E-state index is -0.645. The van der Waals surface area contributed by atoms with Crippen molar-refractivity contribution in [1.82, 2.24) is 4.98 Å². The molecule has 25 heavy (non-hydrogen) atoms. The first-order valence-electron chi connectivity index (χ1n) is 8.31. The molecule has 0 bridgehead atoms. The van der Waals surface area contributed by atoms with Gasteiger partial charge < -0.3 is 15.6 Å². The summed E-state index contributed by atoms with van der Waals surface area (Å²) in [5.41, 5.74) is 9.05.